The first-order chi connectivity index (χ1) is 8.58. The predicted molar refractivity (Wildman–Crippen MR) is 73.3 cm³/mol. The Hall–Kier alpha value is -1.75. The van der Waals surface area contributed by atoms with E-state index in [4.69, 9.17) is 11.5 Å². The average Bonchev–Trinajstić information content (AvgIpc) is 2.53. The number of nitrogens with two attached hydrogens (primary N) is 2. The van der Waals surface area contributed by atoms with E-state index >= 15 is 0 Å². The van der Waals surface area contributed by atoms with E-state index in [-0.39, 0.29) is 5.91 Å². The molecule has 0 radical (unpaired) electrons. The summed E-state index contributed by atoms with van der Waals surface area (Å²) in [6, 6.07) is 5.06. The molecule has 1 aliphatic rings. The van der Waals surface area contributed by atoms with E-state index in [1.54, 1.807) is 18.2 Å². The molecule has 0 saturated carbocycles. The highest BCUT2D eigenvalue weighted by atomic mass is 16.2. The van der Waals surface area contributed by atoms with Crippen LogP contribution in [0.1, 0.15) is 16.8 Å². The predicted octanol–water partition coefficient (Wildman–Crippen LogP) is 0.629. The van der Waals surface area contributed by atoms with Gasteiger partial charge in [-0.05, 0) is 38.2 Å². The molecule has 0 unspecified atom stereocenters. The lowest BCUT2D eigenvalue weighted by Gasteiger charge is -2.21. The summed E-state index contributed by atoms with van der Waals surface area (Å²) in [5.41, 5.74) is 13.1. The SMILES string of the molecule is CN1CCCN(C(=O)c2ccc(N)cc2N)CC1. The van der Waals surface area contributed by atoms with Gasteiger partial charge in [0.25, 0.3) is 5.91 Å². The number of likely N-dealkylation sites (N-methyl/N-ethyl adjacent to an activating group) is 1. The second-order valence-electron chi connectivity index (χ2n) is 4.80. The number of carbonyl (C=O) groups excluding carboxylic acids is 1. The van der Waals surface area contributed by atoms with Crippen molar-refractivity contribution in [3.63, 3.8) is 0 Å². The summed E-state index contributed by atoms with van der Waals surface area (Å²) in [7, 11) is 2.07. The fourth-order valence-electron chi connectivity index (χ4n) is 2.20. The van der Waals surface area contributed by atoms with Crippen molar-refractivity contribution in [3.8, 4) is 0 Å². The van der Waals surface area contributed by atoms with Crippen molar-refractivity contribution in [2.24, 2.45) is 0 Å². The van der Waals surface area contributed by atoms with Crippen LogP contribution in [0.4, 0.5) is 11.4 Å². The number of nitrogen functional groups attached to an aromatic ring is 2. The van der Waals surface area contributed by atoms with Crippen molar-refractivity contribution in [1.82, 2.24) is 9.80 Å². The Bertz CT molecular complexity index is 447. The van der Waals surface area contributed by atoms with Gasteiger partial charge >= 0.3 is 0 Å². The normalized spacial score (nSPS) is 17.5. The fourth-order valence-corrected chi connectivity index (χ4v) is 2.20. The summed E-state index contributed by atoms with van der Waals surface area (Å²) in [4.78, 5) is 16.5. The van der Waals surface area contributed by atoms with Crippen molar-refractivity contribution < 1.29 is 4.79 Å². The maximum absolute atomic E-state index is 12.4. The molecule has 0 spiro atoms. The zero-order valence-electron chi connectivity index (χ0n) is 10.7. The lowest BCUT2D eigenvalue weighted by molar-refractivity contribution is 0.0764. The van der Waals surface area contributed by atoms with Gasteiger partial charge in [0.1, 0.15) is 0 Å². The number of hydrogen-bond acceptors (Lipinski definition) is 4. The lowest BCUT2D eigenvalue weighted by Crippen LogP contribution is -2.34. The van der Waals surface area contributed by atoms with E-state index < -0.39 is 0 Å². The highest BCUT2D eigenvalue weighted by Crippen LogP contribution is 2.18. The Kier molecular flexibility index (Phi) is 3.72. The molecule has 2 rings (SSSR count). The number of carbonyl (C=O) groups is 1. The second-order valence-corrected chi connectivity index (χ2v) is 4.80. The molecule has 0 aromatic heterocycles. The molecule has 5 heteroatoms. The third-order valence-corrected chi connectivity index (χ3v) is 3.31. The molecule has 98 valence electrons. The Morgan fingerprint density at radius 2 is 1.94 bits per heavy atom. The summed E-state index contributed by atoms with van der Waals surface area (Å²) in [6.07, 6.45) is 0.997. The summed E-state index contributed by atoms with van der Waals surface area (Å²) in [5, 5.41) is 0. The molecule has 1 aliphatic heterocycles. The molecule has 1 aromatic carbocycles. The van der Waals surface area contributed by atoms with Gasteiger partial charge in [-0.15, -0.1) is 0 Å². The van der Waals surface area contributed by atoms with Crippen LogP contribution in [0, 0.1) is 0 Å². The Morgan fingerprint density at radius 1 is 1.17 bits per heavy atom. The highest BCUT2D eigenvalue weighted by molar-refractivity contribution is 5.99. The van der Waals surface area contributed by atoms with Crippen LogP contribution in [0.3, 0.4) is 0 Å². The molecule has 1 amide bonds. The topological polar surface area (TPSA) is 75.6 Å². The summed E-state index contributed by atoms with van der Waals surface area (Å²) in [6.45, 7) is 3.47. The molecular weight excluding hydrogens is 228 g/mol. The van der Waals surface area contributed by atoms with Gasteiger partial charge in [0.15, 0.2) is 0 Å². The van der Waals surface area contributed by atoms with Crippen molar-refractivity contribution in [2.75, 3.05) is 44.7 Å². The van der Waals surface area contributed by atoms with E-state index in [0.717, 1.165) is 32.6 Å². The number of rotatable bonds is 1. The van der Waals surface area contributed by atoms with E-state index in [0.29, 0.717) is 16.9 Å². The summed E-state index contributed by atoms with van der Waals surface area (Å²) >= 11 is 0. The van der Waals surface area contributed by atoms with Crippen LogP contribution in [-0.2, 0) is 0 Å². The van der Waals surface area contributed by atoms with E-state index in [1.807, 2.05) is 4.90 Å². The minimum absolute atomic E-state index is 0.00259. The van der Waals surface area contributed by atoms with Gasteiger partial charge in [-0.1, -0.05) is 0 Å². The largest absolute Gasteiger partial charge is 0.399 e. The molecule has 0 aliphatic carbocycles. The van der Waals surface area contributed by atoms with Gasteiger partial charge < -0.3 is 21.3 Å². The van der Waals surface area contributed by atoms with Crippen LogP contribution in [0.5, 0.6) is 0 Å². The summed E-state index contributed by atoms with van der Waals surface area (Å²) in [5.74, 6) is 0.00259. The quantitative estimate of drug-likeness (QED) is 0.715. The number of benzene rings is 1. The Morgan fingerprint density at radius 3 is 2.67 bits per heavy atom. The molecule has 0 bridgehead atoms. The Balaban J connectivity index is 2.15. The number of amides is 1. The first kappa shape index (κ1) is 12.7. The maximum Gasteiger partial charge on any atom is 0.255 e. The van der Waals surface area contributed by atoms with Gasteiger partial charge in [-0.2, -0.15) is 0 Å². The molecule has 18 heavy (non-hydrogen) atoms. The van der Waals surface area contributed by atoms with E-state index in [2.05, 4.69) is 11.9 Å². The van der Waals surface area contributed by atoms with Crippen LogP contribution in [0.2, 0.25) is 0 Å². The smallest absolute Gasteiger partial charge is 0.255 e. The molecule has 1 saturated heterocycles. The minimum Gasteiger partial charge on any atom is -0.399 e. The zero-order chi connectivity index (χ0) is 13.1. The number of nitrogens with zero attached hydrogens (tertiary/aromatic N) is 2. The molecule has 0 atom stereocenters. The van der Waals surface area contributed by atoms with Gasteiger partial charge in [0, 0.05) is 31.0 Å². The van der Waals surface area contributed by atoms with Crippen LogP contribution in [0.25, 0.3) is 0 Å². The molecule has 5 nitrogen and oxygen atoms in total. The highest BCUT2D eigenvalue weighted by Gasteiger charge is 2.20. The zero-order valence-corrected chi connectivity index (χ0v) is 10.7. The van der Waals surface area contributed by atoms with E-state index in [9.17, 15) is 4.79 Å². The second kappa shape index (κ2) is 5.27. The van der Waals surface area contributed by atoms with Gasteiger partial charge in [-0.3, -0.25) is 4.79 Å². The maximum atomic E-state index is 12.4. The van der Waals surface area contributed by atoms with Crippen LogP contribution in [-0.4, -0.2) is 48.9 Å². The minimum atomic E-state index is 0.00259. The third-order valence-electron chi connectivity index (χ3n) is 3.31. The van der Waals surface area contributed by atoms with Crippen molar-refractivity contribution in [1.29, 1.82) is 0 Å². The average molecular weight is 248 g/mol. The number of anilines is 2. The third kappa shape index (κ3) is 2.73. The molecule has 1 aromatic rings. The Labute approximate surface area is 107 Å². The molecular formula is C13H20N4O. The van der Waals surface area contributed by atoms with Crippen LogP contribution in [0.15, 0.2) is 18.2 Å². The van der Waals surface area contributed by atoms with Crippen LogP contribution >= 0.6 is 0 Å². The monoisotopic (exact) mass is 248 g/mol. The lowest BCUT2D eigenvalue weighted by atomic mass is 10.1. The fraction of sp³-hybridized carbons (Fsp3) is 0.462. The van der Waals surface area contributed by atoms with Gasteiger partial charge in [0.2, 0.25) is 0 Å². The van der Waals surface area contributed by atoms with Crippen molar-refractivity contribution >= 4 is 17.3 Å². The van der Waals surface area contributed by atoms with Crippen molar-refractivity contribution in [3.05, 3.63) is 23.8 Å². The molecule has 4 N–H and O–H groups in total. The summed E-state index contributed by atoms with van der Waals surface area (Å²) < 4.78 is 0. The standard InChI is InChI=1S/C13H20N4O/c1-16-5-2-6-17(8-7-16)13(18)11-4-3-10(14)9-12(11)15/h3-4,9H,2,5-8,14-15H2,1H3. The van der Waals surface area contributed by atoms with E-state index in [1.165, 1.54) is 0 Å². The van der Waals surface area contributed by atoms with Gasteiger partial charge in [-0.25, -0.2) is 0 Å². The van der Waals surface area contributed by atoms with Crippen molar-refractivity contribution in [2.45, 2.75) is 6.42 Å². The molecule has 1 fully saturated rings. The van der Waals surface area contributed by atoms with Gasteiger partial charge in [0.05, 0.1) is 5.56 Å². The first-order valence-corrected chi connectivity index (χ1v) is 6.21. The van der Waals surface area contributed by atoms with Crippen LogP contribution < -0.4 is 11.5 Å². The molecule has 1 heterocycles. The number of hydrogen-bond donors (Lipinski definition) is 2. The first-order valence-electron chi connectivity index (χ1n) is 6.21.